The summed E-state index contributed by atoms with van der Waals surface area (Å²) in [6.45, 7) is 0.130. The van der Waals surface area contributed by atoms with Crippen molar-refractivity contribution in [3.05, 3.63) is 41.2 Å². The molecule has 1 N–H and O–H groups in total. The molecule has 0 aliphatic heterocycles. The molecule has 1 aromatic carbocycles. The zero-order valence-corrected chi connectivity index (χ0v) is 8.80. The highest BCUT2D eigenvalue weighted by atomic mass is 32.1. The molecule has 0 radical (unpaired) electrons. The summed E-state index contributed by atoms with van der Waals surface area (Å²) in [5.74, 6) is -0.245. The molecule has 2 nitrogen and oxygen atoms in total. The summed E-state index contributed by atoms with van der Waals surface area (Å²) in [5.41, 5.74) is 0.908. The summed E-state index contributed by atoms with van der Waals surface area (Å²) in [5, 5.41) is 9.62. The first-order valence-corrected chi connectivity index (χ1v) is 5.43. The summed E-state index contributed by atoms with van der Waals surface area (Å²) in [6.07, 6.45) is 2.37. The molecule has 15 heavy (non-hydrogen) atoms. The maximum Gasteiger partial charge on any atom is 0.123 e. The third-order valence-corrected chi connectivity index (χ3v) is 3.11. The van der Waals surface area contributed by atoms with E-state index in [0.717, 1.165) is 15.4 Å². The lowest BCUT2D eigenvalue weighted by atomic mass is 10.2. The van der Waals surface area contributed by atoms with E-state index >= 15 is 0 Å². The fraction of sp³-hybridized carbons (Fsp3) is 0.182. The number of benzene rings is 1. The normalized spacial score (nSPS) is 10.5. The predicted molar refractivity (Wildman–Crippen MR) is 58.3 cm³/mol. The van der Waals surface area contributed by atoms with Gasteiger partial charge in [-0.2, -0.15) is 0 Å². The van der Waals surface area contributed by atoms with E-state index in [1.807, 2.05) is 0 Å². The lowest BCUT2D eigenvalue weighted by Crippen LogP contribution is -1.84. The molecule has 0 saturated carbocycles. The SMILES string of the molecule is OCCc1cnc(-c2ccc(F)cc2)s1. The highest BCUT2D eigenvalue weighted by molar-refractivity contribution is 7.15. The van der Waals surface area contributed by atoms with Crippen molar-refractivity contribution >= 4 is 11.3 Å². The van der Waals surface area contributed by atoms with Crippen LogP contribution in [0, 0.1) is 5.82 Å². The highest BCUT2D eigenvalue weighted by Crippen LogP contribution is 2.25. The van der Waals surface area contributed by atoms with Crippen LogP contribution in [0.25, 0.3) is 10.6 Å². The topological polar surface area (TPSA) is 33.1 Å². The Morgan fingerprint density at radius 2 is 2.00 bits per heavy atom. The van der Waals surface area contributed by atoms with Gasteiger partial charge >= 0.3 is 0 Å². The minimum absolute atomic E-state index is 0.130. The third kappa shape index (κ3) is 2.40. The molecule has 1 aromatic heterocycles. The van der Waals surface area contributed by atoms with Crippen LogP contribution in [0.1, 0.15) is 4.88 Å². The van der Waals surface area contributed by atoms with Gasteiger partial charge in [-0.25, -0.2) is 9.37 Å². The molecule has 1 heterocycles. The van der Waals surface area contributed by atoms with E-state index in [9.17, 15) is 4.39 Å². The van der Waals surface area contributed by atoms with Crippen LogP contribution < -0.4 is 0 Å². The molecule has 0 amide bonds. The Hall–Kier alpha value is -1.26. The Kier molecular flexibility index (Phi) is 3.08. The van der Waals surface area contributed by atoms with Crippen molar-refractivity contribution in [2.24, 2.45) is 0 Å². The summed E-state index contributed by atoms with van der Waals surface area (Å²) in [6, 6.07) is 6.25. The summed E-state index contributed by atoms with van der Waals surface area (Å²) in [4.78, 5) is 5.26. The number of rotatable bonds is 3. The van der Waals surface area contributed by atoms with E-state index in [-0.39, 0.29) is 12.4 Å². The second kappa shape index (κ2) is 4.51. The molecule has 0 fully saturated rings. The number of aromatic nitrogens is 1. The minimum atomic E-state index is -0.245. The number of aliphatic hydroxyl groups is 1. The number of thiazole rings is 1. The van der Waals surface area contributed by atoms with E-state index in [1.54, 1.807) is 18.3 Å². The van der Waals surface area contributed by atoms with Gasteiger partial charge < -0.3 is 5.11 Å². The molecule has 2 aromatic rings. The Morgan fingerprint density at radius 3 is 2.67 bits per heavy atom. The Labute approximate surface area is 91.0 Å². The lowest BCUT2D eigenvalue weighted by molar-refractivity contribution is 0.300. The number of aliphatic hydroxyl groups excluding tert-OH is 1. The largest absolute Gasteiger partial charge is 0.396 e. The molecule has 0 unspecified atom stereocenters. The molecule has 0 aliphatic carbocycles. The van der Waals surface area contributed by atoms with E-state index in [2.05, 4.69) is 4.98 Å². The maximum atomic E-state index is 12.7. The quantitative estimate of drug-likeness (QED) is 0.867. The smallest absolute Gasteiger partial charge is 0.123 e. The molecule has 4 heteroatoms. The molecule has 2 rings (SSSR count). The molecule has 78 valence electrons. The van der Waals surface area contributed by atoms with Gasteiger partial charge in [0.05, 0.1) is 0 Å². The van der Waals surface area contributed by atoms with Crippen LogP contribution in [0.15, 0.2) is 30.5 Å². The van der Waals surface area contributed by atoms with Gasteiger partial charge in [0.1, 0.15) is 10.8 Å². The average Bonchev–Trinajstić information content (AvgIpc) is 2.68. The van der Waals surface area contributed by atoms with E-state index in [1.165, 1.54) is 23.5 Å². The molecular weight excluding hydrogens is 213 g/mol. The molecule has 0 atom stereocenters. The van der Waals surface area contributed by atoms with E-state index in [4.69, 9.17) is 5.11 Å². The second-order valence-corrected chi connectivity index (χ2v) is 4.23. The van der Waals surface area contributed by atoms with Gasteiger partial charge in [0.15, 0.2) is 0 Å². The monoisotopic (exact) mass is 223 g/mol. The van der Waals surface area contributed by atoms with Gasteiger partial charge in [-0.15, -0.1) is 11.3 Å². The first-order chi connectivity index (χ1) is 7.29. The first-order valence-electron chi connectivity index (χ1n) is 4.61. The number of hydrogen-bond acceptors (Lipinski definition) is 3. The van der Waals surface area contributed by atoms with Crippen LogP contribution in [0.3, 0.4) is 0 Å². The molecular formula is C11H10FNOS. The molecule has 0 saturated heterocycles. The van der Waals surface area contributed by atoms with E-state index in [0.29, 0.717) is 6.42 Å². The maximum absolute atomic E-state index is 12.7. The van der Waals surface area contributed by atoms with Crippen molar-refractivity contribution in [2.75, 3.05) is 6.61 Å². The van der Waals surface area contributed by atoms with Crippen LogP contribution in [-0.4, -0.2) is 16.7 Å². The first kappa shape index (κ1) is 10.3. The van der Waals surface area contributed by atoms with Crippen LogP contribution in [0.2, 0.25) is 0 Å². The zero-order chi connectivity index (χ0) is 10.7. The fourth-order valence-electron chi connectivity index (χ4n) is 1.26. The summed E-state index contributed by atoms with van der Waals surface area (Å²) in [7, 11) is 0. The third-order valence-electron chi connectivity index (χ3n) is 2.00. The van der Waals surface area contributed by atoms with Crippen LogP contribution in [0.5, 0.6) is 0 Å². The predicted octanol–water partition coefficient (Wildman–Crippen LogP) is 2.48. The second-order valence-electron chi connectivity index (χ2n) is 3.11. The van der Waals surface area contributed by atoms with Gasteiger partial charge in [-0.05, 0) is 24.3 Å². The Morgan fingerprint density at radius 1 is 1.27 bits per heavy atom. The van der Waals surface area contributed by atoms with Gasteiger partial charge in [-0.3, -0.25) is 0 Å². The van der Waals surface area contributed by atoms with Crippen LogP contribution in [-0.2, 0) is 6.42 Å². The van der Waals surface area contributed by atoms with Crippen molar-refractivity contribution in [1.29, 1.82) is 0 Å². The van der Waals surface area contributed by atoms with Crippen molar-refractivity contribution in [2.45, 2.75) is 6.42 Å². The summed E-state index contributed by atoms with van der Waals surface area (Å²) < 4.78 is 12.7. The van der Waals surface area contributed by atoms with Gasteiger partial charge in [-0.1, -0.05) is 0 Å². The standard InChI is InChI=1S/C11H10FNOS/c12-9-3-1-8(2-4-9)11-13-7-10(15-11)5-6-14/h1-4,7,14H,5-6H2. The molecule has 0 bridgehead atoms. The van der Waals surface area contributed by atoms with Crippen LogP contribution in [0.4, 0.5) is 4.39 Å². The number of halogens is 1. The Bertz CT molecular complexity index is 438. The van der Waals surface area contributed by atoms with Crippen molar-refractivity contribution in [3.63, 3.8) is 0 Å². The molecule has 0 spiro atoms. The average molecular weight is 223 g/mol. The zero-order valence-electron chi connectivity index (χ0n) is 7.98. The van der Waals surface area contributed by atoms with Gasteiger partial charge in [0.25, 0.3) is 0 Å². The fourth-order valence-corrected chi connectivity index (χ4v) is 2.17. The molecule has 0 aliphatic rings. The lowest BCUT2D eigenvalue weighted by Gasteiger charge is -1.94. The van der Waals surface area contributed by atoms with Crippen molar-refractivity contribution < 1.29 is 9.50 Å². The highest BCUT2D eigenvalue weighted by Gasteiger charge is 2.04. The number of hydrogen-bond donors (Lipinski definition) is 1. The van der Waals surface area contributed by atoms with Crippen LogP contribution >= 0.6 is 11.3 Å². The summed E-state index contributed by atoms with van der Waals surface area (Å²) >= 11 is 1.52. The van der Waals surface area contributed by atoms with Gasteiger partial charge in [0.2, 0.25) is 0 Å². The van der Waals surface area contributed by atoms with E-state index < -0.39 is 0 Å². The number of nitrogens with zero attached hydrogens (tertiary/aromatic N) is 1. The van der Waals surface area contributed by atoms with Crippen molar-refractivity contribution in [1.82, 2.24) is 4.98 Å². The van der Waals surface area contributed by atoms with Crippen molar-refractivity contribution in [3.8, 4) is 10.6 Å². The minimum Gasteiger partial charge on any atom is -0.396 e. The Balaban J connectivity index is 2.25. The van der Waals surface area contributed by atoms with Gasteiger partial charge in [0, 0.05) is 29.7 Å².